The molecule has 2 atom stereocenters. The lowest BCUT2D eigenvalue weighted by Crippen LogP contribution is -2.35. The van der Waals surface area contributed by atoms with Crippen LogP contribution >= 0.6 is 11.3 Å². The summed E-state index contributed by atoms with van der Waals surface area (Å²) in [5.74, 6) is 1.95. The zero-order valence-corrected chi connectivity index (χ0v) is 20.3. The van der Waals surface area contributed by atoms with Gasteiger partial charge in [-0.1, -0.05) is 51.1 Å². The average molecular weight is 454 g/mol. The second kappa shape index (κ2) is 10.3. The number of aromatic nitrogens is 2. The number of thiophene rings is 1. The molecule has 2 aromatic heterocycles. The summed E-state index contributed by atoms with van der Waals surface area (Å²) in [6.45, 7) is 8.67. The molecule has 3 aromatic rings. The molecule has 172 valence electrons. The van der Waals surface area contributed by atoms with E-state index < -0.39 is 6.10 Å². The first-order chi connectivity index (χ1) is 15.4. The van der Waals surface area contributed by atoms with Crippen molar-refractivity contribution in [2.24, 2.45) is 11.8 Å². The van der Waals surface area contributed by atoms with Crippen LogP contribution in [0.4, 0.5) is 0 Å². The van der Waals surface area contributed by atoms with Gasteiger partial charge in [0, 0.05) is 11.4 Å². The van der Waals surface area contributed by atoms with Gasteiger partial charge in [-0.2, -0.15) is 0 Å². The Kier molecular flexibility index (Phi) is 7.44. The highest BCUT2D eigenvalue weighted by atomic mass is 32.1. The monoisotopic (exact) mass is 453 g/mol. The third kappa shape index (κ3) is 5.66. The Labute approximate surface area is 194 Å². The van der Waals surface area contributed by atoms with Crippen molar-refractivity contribution in [1.29, 1.82) is 0 Å². The van der Waals surface area contributed by atoms with Crippen LogP contribution in [-0.4, -0.2) is 39.2 Å². The first-order valence-corrected chi connectivity index (χ1v) is 12.7. The second-order valence-corrected chi connectivity index (χ2v) is 10.9. The Hall–Kier alpha value is -2.02. The lowest BCUT2D eigenvalue weighted by atomic mass is 9.89. The van der Waals surface area contributed by atoms with Crippen LogP contribution in [0.1, 0.15) is 55.4 Å². The highest BCUT2D eigenvalue weighted by molar-refractivity contribution is 7.18. The highest BCUT2D eigenvalue weighted by Crippen LogP contribution is 2.35. The van der Waals surface area contributed by atoms with Gasteiger partial charge in [-0.05, 0) is 61.6 Å². The van der Waals surface area contributed by atoms with Crippen molar-refractivity contribution in [3.63, 3.8) is 0 Å². The molecule has 0 aliphatic heterocycles. The summed E-state index contributed by atoms with van der Waals surface area (Å²) in [4.78, 5) is 25.3. The van der Waals surface area contributed by atoms with E-state index in [-0.39, 0.29) is 5.56 Å². The average Bonchev–Trinajstić information content (AvgIpc) is 3.10. The molecule has 1 aliphatic rings. The number of nitrogens with zero attached hydrogens (tertiary/aromatic N) is 2. The van der Waals surface area contributed by atoms with E-state index in [1.807, 2.05) is 30.3 Å². The molecule has 0 saturated heterocycles. The number of nitrogens with one attached hydrogen (secondary N) is 1. The lowest BCUT2D eigenvalue weighted by Gasteiger charge is -2.25. The van der Waals surface area contributed by atoms with Gasteiger partial charge in [0.05, 0.1) is 18.0 Å². The normalized spacial score (nSPS) is 17.2. The van der Waals surface area contributed by atoms with Gasteiger partial charge < -0.3 is 10.1 Å². The van der Waals surface area contributed by atoms with Crippen LogP contribution in [0.3, 0.4) is 0 Å². The number of hydrogen-bond donors (Lipinski definition) is 2. The predicted octanol–water partition coefficient (Wildman–Crippen LogP) is 4.56. The van der Waals surface area contributed by atoms with Gasteiger partial charge in [0.25, 0.3) is 5.56 Å². The fraction of sp³-hybridized carbons (Fsp3) is 0.538. The summed E-state index contributed by atoms with van der Waals surface area (Å²) in [5, 5.41) is 11.6. The molecule has 0 amide bonds. The van der Waals surface area contributed by atoms with Crippen LogP contribution in [0, 0.1) is 11.8 Å². The van der Waals surface area contributed by atoms with E-state index in [1.165, 1.54) is 10.4 Å². The third-order valence-electron chi connectivity index (χ3n) is 6.39. The van der Waals surface area contributed by atoms with Gasteiger partial charge >= 0.3 is 0 Å². The molecule has 4 rings (SSSR count). The molecule has 0 radical (unpaired) electrons. The first-order valence-electron chi connectivity index (χ1n) is 11.9. The van der Waals surface area contributed by atoms with Crippen molar-refractivity contribution in [1.82, 2.24) is 14.9 Å². The van der Waals surface area contributed by atoms with E-state index in [0.29, 0.717) is 37.2 Å². The van der Waals surface area contributed by atoms with E-state index in [2.05, 4.69) is 30.7 Å². The zero-order valence-electron chi connectivity index (χ0n) is 19.4. The lowest BCUT2D eigenvalue weighted by molar-refractivity contribution is 0.104. The molecule has 1 aromatic carbocycles. The predicted molar refractivity (Wildman–Crippen MR) is 132 cm³/mol. The molecular weight excluding hydrogens is 418 g/mol. The number of fused-ring (bicyclic) bond motifs is 3. The zero-order chi connectivity index (χ0) is 22.7. The minimum absolute atomic E-state index is 0.00861. The molecule has 0 bridgehead atoms. The number of hydrogen-bond acceptors (Lipinski definition) is 5. The summed E-state index contributed by atoms with van der Waals surface area (Å²) in [6, 6.07) is 10.1. The Morgan fingerprint density at radius 3 is 2.81 bits per heavy atom. The van der Waals surface area contributed by atoms with Gasteiger partial charge in [0.15, 0.2) is 0 Å². The number of aliphatic hydroxyl groups excluding tert-OH is 1. The van der Waals surface area contributed by atoms with Crippen LogP contribution in [0.25, 0.3) is 10.2 Å². The summed E-state index contributed by atoms with van der Waals surface area (Å²) in [7, 11) is 0. The summed E-state index contributed by atoms with van der Waals surface area (Å²) in [5.41, 5.74) is 2.35. The fourth-order valence-electron chi connectivity index (χ4n) is 4.60. The number of H-pyrrole nitrogens is 1. The summed E-state index contributed by atoms with van der Waals surface area (Å²) >= 11 is 1.69. The molecule has 2 N–H and O–H groups in total. The summed E-state index contributed by atoms with van der Waals surface area (Å²) in [6.07, 6.45) is 4.37. The van der Waals surface area contributed by atoms with E-state index in [4.69, 9.17) is 4.98 Å². The van der Waals surface area contributed by atoms with Crippen molar-refractivity contribution >= 4 is 21.6 Å². The van der Waals surface area contributed by atoms with E-state index in [1.54, 1.807) is 11.3 Å². The van der Waals surface area contributed by atoms with E-state index >= 15 is 0 Å². The van der Waals surface area contributed by atoms with Crippen molar-refractivity contribution in [2.45, 2.75) is 65.5 Å². The third-order valence-corrected chi connectivity index (χ3v) is 7.54. The van der Waals surface area contributed by atoms with Crippen LogP contribution in [0.15, 0.2) is 35.1 Å². The molecule has 2 heterocycles. The molecular formula is C26H35N3O2S. The number of aryl methyl sites for hydroxylation is 1. The second-order valence-electron chi connectivity index (χ2n) is 9.81. The van der Waals surface area contributed by atoms with Crippen molar-refractivity contribution in [2.75, 3.05) is 13.1 Å². The topological polar surface area (TPSA) is 69.2 Å². The van der Waals surface area contributed by atoms with E-state index in [0.717, 1.165) is 48.0 Å². The number of aromatic amines is 1. The maximum Gasteiger partial charge on any atom is 0.259 e. The van der Waals surface area contributed by atoms with Crippen LogP contribution in [-0.2, 0) is 25.8 Å². The van der Waals surface area contributed by atoms with Gasteiger partial charge in [-0.15, -0.1) is 11.3 Å². The van der Waals surface area contributed by atoms with Gasteiger partial charge in [0.2, 0.25) is 0 Å². The number of aliphatic hydroxyl groups is 1. The molecule has 32 heavy (non-hydrogen) atoms. The Morgan fingerprint density at radius 1 is 1.28 bits per heavy atom. The Morgan fingerprint density at radius 2 is 2.06 bits per heavy atom. The van der Waals surface area contributed by atoms with Crippen molar-refractivity contribution in [3.05, 3.63) is 62.5 Å². The molecule has 0 spiro atoms. The molecule has 0 saturated carbocycles. The molecule has 1 aliphatic carbocycles. The van der Waals surface area contributed by atoms with Crippen LogP contribution < -0.4 is 5.56 Å². The standard InChI is InChI=1S/C26H35N3O2S/c1-17(2)11-12-29(15-20(30)14-19-7-5-4-6-8-19)16-23-27-25(31)24-21-10-9-18(3)13-22(21)32-26(24)28-23/h4-8,17-18,20,30H,9-16H2,1-3H3,(H,27,28,31)/t18-,20-/m0/s1. The maximum absolute atomic E-state index is 13.0. The smallest absolute Gasteiger partial charge is 0.259 e. The van der Waals surface area contributed by atoms with Crippen molar-refractivity contribution in [3.8, 4) is 0 Å². The molecule has 6 heteroatoms. The largest absolute Gasteiger partial charge is 0.391 e. The van der Waals surface area contributed by atoms with Gasteiger partial charge in [-0.3, -0.25) is 9.69 Å². The van der Waals surface area contributed by atoms with Crippen molar-refractivity contribution < 1.29 is 5.11 Å². The fourth-order valence-corrected chi connectivity index (χ4v) is 6.01. The molecule has 5 nitrogen and oxygen atoms in total. The minimum Gasteiger partial charge on any atom is -0.391 e. The SMILES string of the molecule is CC(C)CCN(Cc1nc2sc3c(c2c(=O)[nH]1)CC[C@H](C)C3)C[C@@H](O)Cc1ccccc1. The quantitative estimate of drug-likeness (QED) is 0.498. The number of benzene rings is 1. The number of rotatable bonds is 9. The van der Waals surface area contributed by atoms with E-state index in [9.17, 15) is 9.90 Å². The minimum atomic E-state index is -0.462. The van der Waals surface area contributed by atoms with Crippen LogP contribution in [0.5, 0.6) is 0 Å². The molecule has 0 unspecified atom stereocenters. The van der Waals surface area contributed by atoms with Gasteiger partial charge in [-0.25, -0.2) is 4.98 Å². The Balaban J connectivity index is 1.52. The Bertz CT molecular complexity index is 1090. The summed E-state index contributed by atoms with van der Waals surface area (Å²) < 4.78 is 0. The first kappa shape index (κ1) is 23.1. The highest BCUT2D eigenvalue weighted by Gasteiger charge is 2.23. The maximum atomic E-state index is 13.0. The molecule has 0 fully saturated rings. The van der Waals surface area contributed by atoms with Crippen LogP contribution in [0.2, 0.25) is 0 Å². The van der Waals surface area contributed by atoms with Gasteiger partial charge in [0.1, 0.15) is 10.7 Å².